The van der Waals surface area contributed by atoms with Crippen LogP contribution in [-0.2, 0) is 4.74 Å². The molecule has 72 valence electrons. The Morgan fingerprint density at radius 1 is 1.43 bits per heavy atom. The quantitative estimate of drug-likeness (QED) is 0.728. The van der Waals surface area contributed by atoms with Gasteiger partial charge in [0.25, 0.3) is 0 Å². The first kappa shape index (κ1) is 9.23. The Morgan fingerprint density at radius 3 is 2.71 bits per heavy atom. The maximum Gasteiger partial charge on any atom is 0.0991 e. The first-order chi connectivity index (χ1) is 6.85. The highest BCUT2D eigenvalue weighted by atomic mass is 16.5. The molecule has 1 aliphatic rings. The number of hydrogen-bond donors (Lipinski definition) is 0. The maximum atomic E-state index is 8.64. The predicted octanol–water partition coefficient (Wildman–Crippen LogP) is 2.45. The molecule has 0 aromatic heterocycles. The molecule has 0 saturated heterocycles. The van der Waals surface area contributed by atoms with Gasteiger partial charge < -0.3 is 4.74 Å². The molecule has 0 amide bonds. The van der Waals surface area contributed by atoms with Gasteiger partial charge in [0, 0.05) is 12.5 Å². The minimum atomic E-state index is 0.410. The summed E-state index contributed by atoms with van der Waals surface area (Å²) in [6.07, 6.45) is 1.53. The fourth-order valence-electron chi connectivity index (χ4n) is 1.73. The first-order valence-corrected chi connectivity index (χ1v) is 4.96. The Hall–Kier alpha value is -1.33. The van der Waals surface area contributed by atoms with E-state index in [1.54, 1.807) is 0 Å². The van der Waals surface area contributed by atoms with Gasteiger partial charge in [0.2, 0.25) is 0 Å². The van der Waals surface area contributed by atoms with E-state index in [-0.39, 0.29) is 0 Å². The number of nitriles is 1. The van der Waals surface area contributed by atoms with E-state index >= 15 is 0 Å². The topological polar surface area (TPSA) is 33.0 Å². The van der Waals surface area contributed by atoms with Crippen LogP contribution < -0.4 is 0 Å². The zero-order valence-corrected chi connectivity index (χ0v) is 8.23. The highest BCUT2D eigenvalue weighted by Crippen LogP contribution is 2.43. The molecule has 0 heterocycles. The summed E-state index contributed by atoms with van der Waals surface area (Å²) in [5.41, 5.74) is 2.02. The molecule has 0 aliphatic heterocycles. The van der Waals surface area contributed by atoms with Crippen LogP contribution in [0.4, 0.5) is 0 Å². The number of benzene rings is 1. The molecule has 1 aliphatic carbocycles. The van der Waals surface area contributed by atoms with Crippen LogP contribution in [-0.4, -0.2) is 12.7 Å². The van der Waals surface area contributed by atoms with E-state index in [1.165, 1.54) is 5.56 Å². The van der Waals surface area contributed by atoms with Crippen molar-refractivity contribution in [1.29, 1.82) is 5.26 Å². The molecule has 0 spiro atoms. The van der Waals surface area contributed by atoms with E-state index in [2.05, 4.69) is 6.07 Å². The lowest BCUT2D eigenvalue weighted by Gasteiger charge is -2.00. The van der Waals surface area contributed by atoms with Crippen LogP contribution in [0.15, 0.2) is 24.3 Å². The molecule has 2 rings (SSSR count). The minimum Gasteiger partial charge on any atom is -0.378 e. The van der Waals surface area contributed by atoms with Crippen molar-refractivity contribution in [3.8, 4) is 6.07 Å². The summed E-state index contributed by atoms with van der Waals surface area (Å²) in [6.45, 7) is 2.81. The molecule has 0 radical (unpaired) electrons. The molecule has 2 heteroatoms. The SMILES string of the molecule is CCO[C@@H]1C[C@H]1c1ccc(C#N)cc1. The summed E-state index contributed by atoms with van der Waals surface area (Å²) < 4.78 is 5.51. The van der Waals surface area contributed by atoms with Gasteiger partial charge in [-0.15, -0.1) is 0 Å². The lowest BCUT2D eigenvalue weighted by molar-refractivity contribution is 0.128. The van der Waals surface area contributed by atoms with Crippen LogP contribution in [0.5, 0.6) is 0 Å². The Kier molecular flexibility index (Phi) is 2.51. The summed E-state index contributed by atoms with van der Waals surface area (Å²) in [5, 5.41) is 8.64. The molecule has 0 bridgehead atoms. The van der Waals surface area contributed by atoms with E-state index < -0.39 is 0 Å². The van der Waals surface area contributed by atoms with Crippen LogP contribution in [0, 0.1) is 11.3 Å². The number of rotatable bonds is 3. The second-order valence-corrected chi connectivity index (χ2v) is 3.57. The van der Waals surface area contributed by atoms with Crippen LogP contribution in [0.25, 0.3) is 0 Å². The van der Waals surface area contributed by atoms with Crippen molar-refractivity contribution < 1.29 is 4.74 Å². The summed E-state index contributed by atoms with van der Waals surface area (Å²) in [5.74, 6) is 0.558. The van der Waals surface area contributed by atoms with E-state index in [0.717, 1.165) is 18.6 Å². The van der Waals surface area contributed by atoms with E-state index in [0.29, 0.717) is 12.0 Å². The number of hydrogen-bond acceptors (Lipinski definition) is 2. The third-order valence-corrected chi connectivity index (χ3v) is 2.58. The lowest BCUT2D eigenvalue weighted by atomic mass is 10.1. The van der Waals surface area contributed by atoms with Crippen molar-refractivity contribution in [2.45, 2.75) is 25.4 Å². The Balaban J connectivity index is 2.02. The molecule has 0 N–H and O–H groups in total. The normalized spacial score (nSPS) is 24.3. The molecule has 1 aromatic carbocycles. The molecule has 2 nitrogen and oxygen atoms in total. The smallest absolute Gasteiger partial charge is 0.0991 e. The molecule has 1 fully saturated rings. The summed E-state index contributed by atoms with van der Waals surface area (Å²) in [7, 11) is 0. The van der Waals surface area contributed by atoms with Crippen molar-refractivity contribution in [1.82, 2.24) is 0 Å². The Morgan fingerprint density at radius 2 is 2.14 bits per heavy atom. The average molecular weight is 187 g/mol. The summed E-state index contributed by atoms with van der Waals surface area (Å²) in [4.78, 5) is 0. The highest BCUT2D eigenvalue weighted by molar-refractivity contribution is 5.35. The largest absolute Gasteiger partial charge is 0.378 e. The lowest BCUT2D eigenvalue weighted by Crippen LogP contribution is -1.95. The van der Waals surface area contributed by atoms with Crippen LogP contribution in [0.3, 0.4) is 0 Å². The van der Waals surface area contributed by atoms with Crippen molar-refractivity contribution in [2.75, 3.05) is 6.61 Å². The van der Waals surface area contributed by atoms with Gasteiger partial charge in [-0.3, -0.25) is 0 Å². The second-order valence-electron chi connectivity index (χ2n) is 3.57. The van der Waals surface area contributed by atoms with E-state index in [9.17, 15) is 0 Å². The van der Waals surface area contributed by atoms with Gasteiger partial charge in [-0.25, -0.2) is 0 Å². The van der Waals surface area contributed by atoms with Gasteiger partial charge in [0.05, 0.1) is 17.7 Å². The monoisotopic (exact) mass is 187 g/mol. The number of ether oxygens (including phenoxy) is 1. The molecule has 0 unspecified atom stereocenters. The maximum absolute atomic E-state index is 8.64. The van der Waals surface area contributed by atoms with Gasteiger partial charge in [0.1, 0.15) is 0 Å². The van der Waals surface area contributed by atoms with E-state index in [1.807, 2.05) is 31.2 Å². The minimum absolute atomic E-state index is 0.410. The van der Waals surface area contributed by atoms with Crippen molar-refractivity contribution in [3.05, 3.63) is 35.4 Å². The number of nitrogens with zero attached hydrogens (tertiary/aromatic N) is 1. The zero-order valence-electron chi connectivity index (χ0n) is 8.23. The third-order valence-electron chi connectivity index (χ3n) is 2.58. The van der Waals surface area contributed by atoms with Gasteiger partial charge in [0.15, 0.2) is 0 Å². The summed E-state index contributed by atoms with van der Waals surface area (Å²) in [6, 6.07) is 9.92. The van der Waals surface area contributed by atoms with Gasteiger partial charge in [-0.2, -0.15) is 5.26 Å². The third kappa shape index (κ3) is 1.78. The predicted molar refractivity (Wildman–Crippen MR) is 53.9 cm³/mol. The van der Waals surface area contributed by atoms with Gasteiger partial charge in [-0.1, -0.05) is 12.1 Å². The first-order valence-electron chi connectivity index (χ1n) is 4.96. The highest BCUT2D eigenvalue weighted by Gasteiger charge is 2.38. The van der Waals surface area contributed by atoms with E-state index in [4.69, 9.17) is 10.00 Å². The molecular weight excluding hydrogens is 174 g/mol. The van der Waals surface area contributed by atoms with Crippen molar-refractivity contribution in [2.24, 2.45) is 0 Å². The van der Waals surface area contributed by atoms with Crippen molar-refractivity contribution >= 4 is 0 Å². The van der Waals surface area contributed by atoms with Crippen molar-refractivity contribution in [3.63, 3.8) is 0 Å². The van der Waals surface area contributed by atoms with Crippen LogP contribution in [0.2, 0.25) is 0 Å². The van der Waals surface area contributed by atoms with Gasteiger partial charge >= 0.3 is 0 Å². The molecule has 1 aromatic rings. The van der Waals surface area contributed by atoms with Crippen LogP contribution >= 0.6 is 0 Å². The Labute approximate surface area is 84.1 Å². The fraction of sp³-hybridized carbons (Fsp3) is 0.417. The molecule has 14 heavy (non-hydrogen) atoms. The van der Waals surface area contributed by atoms with Gasteiger partial charge in [-0.05, 0) is 31.0 Å². The standard InChI is InChI=1S/C12H13NO/c1-2-14-12-7-11(12)10-5-3-9(8-13)4-6-10/h3-6,11-12H,2,7H2,1H3/t11-,12+/m0/s1. The summed E-state index contributed by atoms with van der Waals surface area (Å²) >= 11 is 0. The Bertz CT molecular complexity index is 350. The molecular formula is C12H13NO. The molecule has 2 atom stereocenters. The zero-order chi connectivity index (χ0) is 9.97. The fourth-order valence-corrected chi connectivity index (χ4v) is 1.73. The second kappa shape index (κ2) is 3.81. The molecule has 1 saturated carbocycles. The average Bonchev–Trinajstić information content (AvgIpc) is 2.98. The van der Waals surface area contributed by atoms with Crippen LogP contribution in [0.1, 0.15) is 30.4 Å².